The van der Waals surface area contributed by atoms with Crippen molar-refractivity contribution in [1.29, 1.82) is 0 Å². The topological polar surface area (TPSA) is 35.0 Å². The SMILES string of the molecule is CCCCCCCCCCc1cnc(-c2ccc(OCCC[N+](CCCC)(CCCC)CCCC)cc2)nc1.[I-]. The predicted molar refractivity (Wildman–Crippen MR) is 168 cm³/mol. The second-order valence-corrected chi connectivity index (χ2v) is 11.7. The number of unbranched alkanes of at least 4 members (excludes halogenated alkanes) is 10. The average molecular weight is 666 g/mol. The lowest BCUT2D eigenvalue weighted by atomic mass is 10.1. The zero-order valence-corrected chi connectivity index (χ0v) is 28.6. The van der Waals surface area contributed by atoms with Crippen molar-refractivity contribution < 1.29 is 33.2 Å². The number of hydrogen-bond donors (Lipinski definition) is 0. The first-order valence-corrected chi connectivity index (χ1v) is 16.6. The van der Waals surface area contributed by atoms with E-state index in [0.29, 0.717) is 0 Å². The maximum Gasteiger partial charge on any atom is 0.159 e. The summed E-state index contributed by atoms with van der Waals surface area (Å²) >= 11 is 0. The second-order valence-electron chi connectivity index (χ2n) is 11.7. The highest BCUT2D eigenvalue weighted by atomic mass is 127. The Labute approximate surface area is 264 Å². The van der Waals surface area contributed by atoms with Gasteiger partial charge >= 0.3 is 0 Å². The molecule has 2 rings (SSSR count). The van der Waals surface area contributed by atoms with Gasteiger partial charge in [-0.25, -0.2) is 9.97 Å². The summed E-state index contributed by atoms with van der Waals surface area (Å²) < 4.78 is 7.45. The van der Waals surface area contributed by atoms with Gasteiger partial charge in [0.25, 0.3) is 0 Å². The number of aromatic nitrogens is 2. The molecule has 0 aliphatic heterocycles. The van der Waals surface area contributed by atoms with E-state index in [4.69, 9.17) is 4.74 Å². The van der Waals surface area contributed by atoms with E-state index in [2.05, 4.69) is 61.9 Å². The molecule has 0 aliphatic carbocycles. The standard InChI is InChI=1S/C35H60N3O.HI/c1-5-9-13-14-15-16-17-18-20-32-30-36-35(37-31-32)33-21-23-34(24-22-33)39-29-19-28-38(25-10-6-2,26-11-7-3)27-12-8-4;/h21-24,30-31H,5-20,25-29H2,1-4H3;1H/q+1;/p-1. The Kier molecular flexibility index (Phi) is 21.5. The summed E-state index contributed by atoms with van der Waals surface area (Å²) in [7, 11) is 0. The molecule has 1 heterocycles. The Morgan fingerprint density at radius 2 is 1.05 bits per heavy atom. The second kappa shape index (κ2) is 23.4. The van der Waals surface area contributed by atoms with Crippen molar-refractivity contribution in [3.8, 4) is 17.1 Å². The molecule has 0 N–H and O–H groups in total. The Morgan fingerprint density at radius 3 is 1.57 bits per heavy atom. The van der Waals surface area contributed by atoms with Gasteiger partial charge in [0.05, 0.1) is 32.8 Å². The average Bonchev–Trinajstić information content (AvgIpc) is 2.98. The van der Waals surface area contributed by atoms with E-state index >= 15 is 0 Å². The quantitative estimate of drug-likeness (QED) is 0.0702. The monoisotopic (exact) mass is 665 g/mol. The largest absolute Gasteiger partial charge is 1.00 e. The van der Waals surface area contributed by atoms with Crippen molar-refractivity contribution in [3.05, 3.63) is 42.2 Å². The molecule has 0 atom stereocenters. The summed E-state index contributed by atoms with van der Waals surface area (Å²) in [6.07, 6.45) is 24.8. The number of nitrogens with zero attached hydrogens (tertiary/aromatic N) is 3. The van der Waals surface area contributed by atoms with Crippen molar-refractivity contribution in [2.75, 3.05) is 32.8 Å². The third-order valence-corrected chi connectivity index (χ3v) is 8.14. The van der Waals surface area contributed by atoms with Crippen molar-refractivity contribution in [3.63, 3.8) is 0 Å². The molecule has 2 aromatic rings. The van der Waals surface area contributed by atoms with E-state index in [-0.39, 0.29) is 24.0 Å². The van der Waals surface area contributed by atoms with Crippen LogP contribution in [-0.2, 0) is 6.42 Å². The zero-order chi connectivity index (χ0) is 28.0. The van der Waals surface area contributed by atoms with Gasteiger partial charge in [-0.3, -0.25) is 0 Å². The molecule has 0 bridgehead atoms. The number of benzene rings is 1. The smallest absolute Gasteiger partial charge is 0.159 e. The van der Waals surface area contributed by atoms with Crippen LogP contribution < -0.4 is 28.7 Å². The fourth-order valence-corrected chi connectivity index (χ4v) is 5.54. The van der Waals surface area contributed by atoms with Gasteiger partial charge in [-0.2, -0.15) is 0 Å². The van der Waals surface area contributed by atoms with Gasteiger partial charge in [-0.05, 0) is 61.9 Å². The number of aryl methyl sites for hydroxylation is 1. The summed E-state index contributed by atoms with van der Waals surface area (Å²) in [5.41, 5.74) is 2.30. The Hall–Kier alpha value is -1.21. The third-order valence-electron chi connectivity index (χ3n) is 8.14. The third kappa shape index (κ3) is 15.1. The molecular formula is C35H60IN3O. The molecule has 0 saturated heterocycles. The number of rotatable bonds is 24. The zero-order valence-electron chi connectivity index (χ0n) is 26.4. The van der Waals surface area contributed by atoms with Crippen LogP contribution >= 0.6 is 0 Å². The van der Waals surface area contributed by atoms with Crippen LogP contribution in [0.4, 0.5) is 0 Å². The Balaban J connectivity index is 0.00000800. The molecule has 5 heteroatoms. The van der Waals surface area contributed by atoms with Gasteiger partial charge in [-0.15, -0.1) is 0 Å². The molecule has 4 nitrogen and oxygen atoms in total. The summed E-state index contributed by atoms with van der Waals surface area (Å²) in [5.74, 6) is 1.74. The minimum absolute atomic E-state index is 0. The number of quaternary nitrogens is 1. The Morgan fingerprint density at radius 1 is 0.575 bits per heavy atom. The van der Waals surface area contributed by atoms with Crippen molar-refractivity contribution in [2.24, 2.45) is 0 Å². The number of hydrogen-bond acceptors (Lipinski definition) is 3. The van der Waals surface area contributed by atoms with Gasteiger partial charge in [0, 0.05) is 24.4 Å². The van der Waals surface area contributed by atoms with Crippen molar-refractivity contribution in [1.82, 2.24) is 9.97 Å². The van der Waals surface area contributed by atoms with Crippen molar-refractivity contribution >= 4 is 0 Å². The first kappa shape index (κ1) is 36.8. The van der Waals surface area contributed by atoms with E-state index in [1.165, 1.54) is 126 Å². The van der Waals surface area contributed by atoms with Gasteiger partial charge in [-0.1, -0.05) is 91.9 Å². The summed E-state index contributed by atoms with van der Waals surface area (Å²) in [5, 5.41) is 0. The summed E-state index contributed by atoms with van der Waals surface area (Å²) in [4.78, 5) is 9.30. The van der Waals surface area contributed by atoms with Crippen LogP contribution in [0.15, 0.2) is 36.7 Å². The maximum atomic E-state index is 6.17. The van der Waals surface area contributed by atoms with Gasteiger partial charge < -0.3 is 33.2 Å². The molecule has 1 aromatic carbocycles. The number of ether oxygens (including phenoxy) is 1. The molecule has 0 unspecified atom stereocenters. The molecule has 1 aromatic heterocycles. The molecule has 0 aliphatic rings. The Bertz CT molecular complexity index is 819. The van der Waals surface area contributed by atoms with Crippen LogP contribution in [0.25, 0.3) is 11.4 Å². The lowest BCUT2D eigenvalue weighted by Crippen LogP contribution is -3.00. The van der Waals surface area contributed by atoms with E-state index in [1.807, 2.05) is 12.4 Å². The molecule has 228 valence electrons. The van der Waals surface area contributed by atoms with E-state index < -0.39 is 0 Å². The van der Waals surface area contributed by atoms with E-state index in [1.54, 1.807) is 0 Å². The van der Waals surface area contributed by atoms with E-state index in [9.17, 15) is 0 Å². The lowest BCUT2D eigenvalue weighted by molar-refractivity contribution is -0.929. The minimum Gasteiger partial charge on any atom is -1.00 e. The normalized spacial score (nSPS) is 11.4. The van der Waals surface area contributed by atoms with Crippen LogP contribution in [0.1, 0.15) is 130 Å². The fraction of sp³-hybridized carbons (Fsp3) is 0.714. The number of halogens is 1. The molecule has 0 saturated carbocycles. The van der Waals surface area contributed by atoms with Crippen LogP contribution in [0.3, 0.4) is 0 Å². The first-order chi connectivity index (χ1) is 19.2. The van der Waals surface area contributed by atoms with Crippen LogP contribution in [0.2, 0.25) is 0 Å². The molecular weight excluding hydrogens is 605 g/mol. The molecule has 0 radical (unpaired) electrons. The van der Waals surface area contributed by atoms with Gasteiger partial charge in [0.1, 0.15) is 5.75 Å². The summed E-state index contributed by atoms with van der Waals surface area (Å²) in [6, 6.07) is 8.32. The minimum atomic E-state index is 0. The predicted octanol–water partition coefficient (Wildman–Crippen LogP) is 6.82. The van der Waals surface area contributed by atoms with Crippen LogP contribution in [0.5, 0.6) is 5.75 Å². The van der Waals surface area contributed by atoms with Crippen molar-refractivity contribution in [2.45, 2.75) is 130 Å². The van der Waals surface area contributed by atoms with Crippen LogP contribution in [0, 0.1) is 0 Å². The fourth-order valence-electron chi connectivity index (χ4n) is 5.54. The molecule has 0 amide bonds. The lowest BCUT2D eigenvalue weighted by Gasteiger charge is -2.39. The molecule has 0 fully saturated rings. The van der Waals surface area contributed by atoms with E-state index in [0.717, 1.165) is 36.6 Å². The van der Waals surface area contributed by atoms with Gasteiger partial charge in [0.15, 0.2) is 5.82 Å². The maximum absolute atomic E-state index is 6.17. The first-order valence-electron chi connectivity index (χ1n) is 16.6. The van der Waals surface area contributed by atoms with Crippen LogP contribution in [-0.4, -0.2) is 47.2 Å². The highest BCUT2D eigenvalue weighted by Gasteiger charge is 2.25. The molecule has 40 heavy (non-hydrogen) atoms. The van der Waals surface area contributed by atoms with Gasteiger partial charge in [0.2, 0.25) is 0 Å². The highest BCUT2D eigenvalue weighted by molar-refractivity contribution is 5.55. The summed E-state index contributed by atoms with van der Waals surface area (Å²) in [6.45, 7) is 15.2. The molecule has 0 spiro atoms. The highest BCUT2D eigenvalue weighted by Crippen LogP contribution is 2.21.